The Bertz CT molecular complexity index is 558. The molecule has 0 radical (unpaired) electrons. The summed E-state index contributed by atoms with van der Waals surface area (Å²) in [6.07, 6.45) is -3.45. The zero-order valence-corrected chi connectivity index (χ0v) is 11.7. The van der Waals surface area contributed by atoms with Crippen molar-refractivity contribution in [1.82, 2.24) is 5.32 Å². The van der Waals surface area contributed by atoms with Gasteiger partial charge in [0.25, 0.3) is 5.91 Å². The number of carboxylic acid groups (broad SMARTS) is 1. The van der Waals surface area contributed by atoms with Gasteiger partial charge in [0.05, 0.1) is 5.56 Å². The molecule has 0 aliphatic carbocycles. The lowest BCUT2D eigenvalue weighted by Gasteiger charge is -2.15. The van der Waals surface area contributed by atoms with Crippen LogP contribution in [0.2, 0.25) is 0 Å². The molecule has 0 aliphatic rings. The normalized spacial score (nSPS) is 12.8. The lowest BCUT2D eigenvalue weighted by Crippen LogP contribution is -2.40. The van der Waals surface area contributed by atoms with E-state index in [4.69, 9.17) is 5.11 Å². The van der Waals surface area contributed by atoms with Crippen LogP contribution in [0.15, 0.2) is 18.2 Å². The smallest absolute Gasteiger partial charge is 0.416 e. The number of carbonyl (C=O) groups is 2. The van der Waals surface area contributed by atoms with Crippen LogP contribution in [0.4, 0.5) is 17.6 Å². The molecule has 0 aliphatic heterocycles. The SMILES string of the molecule is CCCC[C@H](NC(=O)c1cc(F)cc(C(F)(F)F)c1)C(=O)O. The van der Waals surface area contributed by atoms with E-state index in [1.165, 1.54) is 0 Å². The molecular weight excluding hydrogens is 306 g/mol. The first kappa shape index (κ1) is 17.9. The summed E-state index contributed by atoms with van der Waals surface area (Å²) < 4.78 is 50.9. The molecule has 122 valence electrons. The number of benzene rings is 1. The van der Waals surface area contributed by atoms with E-state index in [1.54, 1.807) is 0 Å². The fourth-order valence-electron chi connectivity index (χ4n) is 1.79. The van der Waals surface area contributed by atoms with Gasteiger partial charge in [-0.05, 0) is 24.6 Å². The molecule has 1 atom stereocenters. The van der Waals surface area contributed by atoms with Gasteiger partial charge in [-0.2, -0.15) is 13.2 Å². The van der Waals surface area contributed by atoms with Crippen molar-refractivity contribution in [2.24, 2.45) is 0 Å². The van der Waals surface area contributed by atoms with Gasteiger partial charge in [0, 0.05) is 5.56 Å². The topological polar surface area (TPSA) is 66.4 Å². The van der Waals surface area contributed by atoms with Gasteiger partial charge >= 0.3 is 12.1 Å². The third kappa shape index (κ3) is 5.01. The molecule has 4 nitrogen and oxygen atoms in total. The number of amides is 1. The van der Waals surface area contributed by atoms with Crippen LogP contribution in [-0.2, 0) is 11.0 Å². The number of carboxylic acids is 1. The molecule has 0 spiro atoms. The van der Waals surface area contributed by atoms with Crippen LogP contribution in [0.5, 0.6) is 0 Å². The average molecular weight is 321 g/mol. The van der Waals surface area contributed by atoms with E-state index in [0.29, 0.717) is 25.0 Å². The number of nitrogens with one attached hydrogen (secondary N) is 1. The Morgan fingerprint density at radius 2 is 1.91 bits per heavy atom. The molecule has 2 N–H and O–H groups in total. The maximum atomic E-state index is 13.2. The second-order valence-electron chi connectivity index (χ2n) is 4.73. The van der Waals surface area contributed by atoms with Crippen molar-refractivity contribution in [2.75, 3.05) is 0 Å². The van der Waals surface area contributed by atoms with Crippen LogP contribution in [0.1, 0.15) is 42.1 Å². The molecule has 1 amide bonds. The summed E-state index contributed by atoms with van der Waals surface area (Å²) >= 11 is 0. The number of unbranched alkanes of at least 4 members (excludes halogenated alkanes) is 1. The second kappa shape index (κ2) is 7.24. The highest BCUT2D eigenvalue weighted by Gasteiger charge is 2.32. The molecule has 1 aromatic rings. The van der Waals surface area contributed by atoms with Gasteiger partial charge in [-0.15, -0.1) is 0 Å². The number of alkyl halides is 3. The zero-order chi connectivity index (χ0) is 16.9. The van der Waals surface area contributed by atoms with E-state index in [0.717, 1.165) is 0 Å². The van der Waals surface area contributed by atoms with Crippen LogP contribution < -0.4 is 5.32 Å². The molecule has 0 saturated carbocycles. The largest absolute Gasteiger partial charge is 0.480 e. The maximum absolute atomic E-state index is 13.2. The molecule has 22 heavy (non-hydrogen) atoms. The van der Waals surface area contributed by atoms with Gasteiger partial charge in [0.2, 0.25) is 0 Å². The number of aliphatic carboxylic acids is 1. The number of carbonyl (C=O) groups excluding carboxylic acids is 1. The number of hydrogen-bond donors (Lipinski definition) is 2. The lowest BCUT2D eigenvalue weighted by atomic mass is 10.1. The summed E-state index contributed by atoms with van der Waals surface area (Å²) in [5, 5.41) is 11.1. The van der Waals surface area contributed by atoms with Crippen molar-refractivity contribution in [3.63, 3.8) is 0 Å². The Hall–Kier alpha value is -2.12. The zero-order valence-electron chi connectivity index (χ0n) is 11.7. The van der Waals surface area contributed by atoms with E-state index in [2.05, 4.69) is 5.32 Å². The number of halogens is 4. The third-order valence-electron chi connectivity index (χ3n) is 2.94. The van der Waals surface area contributed by atoms with Gasteiger partial charge < -0.3 is 10.4 Å². The van der Waals surface area contributed by atoms with Gasteiger partial charge in [0.1, 0.15) is 11.9 Å². The minimum atomic E-state index is -4.80. The second-order valence-corrected chi connectivity index (χ2v) is 4.73. The molecule has 0 fully saturated rings. The monoisotopic (exact) mass is 321 g/mol. The van der Waals surface area contributed by atoms with Crippen molar-refractivity contribution < 1.29 is 32.3 Å². The highest BCUT2D eigenvalue weighted by atomic mass is 19.4. The van der Waals surface area contributed by atoms with Crippen LogP contribution in [-0.4, -0.2) is 23.0 Å². The first-order valence-electron chi connectivity index (χ1n) is 6.56. The van der Waals surface area contributed by atoms with Gasteiger partial charge in [-0.3, -0.25) is 4.79 Å². The Morgan fingerprint density at radius 3 is 2.41 bits per heavy atom. The van der Waals surface area contributed by atoms with E-state index in [9.17, 15) is 27.2 Å². The quantitative estimate of drug-likeness (QED) is 0.791. The summed E-state index contributed by atoms with van der Waals surface area (Å²) in [5.74, 6) is -3.58. The molecule has 1 rings (SSSR count). The molecule has 0 aromatic heterocycles. The van der Waals surface area contributed by atoms with Crippen LogP contribution in [0.3, 0.4) is 0 Å². The fourth-order valence-corrected chi connectivity index (χ4v) is 1.79. The molecule has 0 unspecified atom stereocenters. The highest BCUT2D eigenvalue weighted by molar-refractivity contribution is 5.96. The molecule has 8 heteroatoms. The molecule has 0 saturated heterocycles. The maximum Gasteiger partial charge on any atom is 0.416 e. The molecule has 0 bridgehead atoms. The van der Waals surface area contributed by atoms with Crippen molar-refractivity contribution in [2.45, 2.75) is 38.4 Å². The Labute approximate surface area is 124 Å². The van der Waals surface area contributed by atoms with Crippen LogP contribution in [0.25, 0.3) is 0 Å². The summed E-state index contributed by atoms with van der Waals surface area (Å²) in [7, 11) is 0. The van der Waals surface area contributed by atoms with Crippen molar-refractivity contribution in [1.29, 1.82) is 0 Å². The molecule has 0 heterocycles. The van der Waals surface area contributed by atoms with Gasteiger partial charge in [-0.1, -0.05) is 19.8 Å². The minimum absolute atomic E-state index is 0.138. The van der Waals surface area contributed by atoms with E-state index < -0.39 is 41.0 Å². The predicted octanol–water partition coefficient (Wildman–Crippen LogP) is 3.22. The van der Waals surface area contributed by atoms with Crippen molar-refractivity contribution in [3.05, 3.63) is 35.1 Å². The number of rotatable bonds is 6. The standard InChI is InChI=1S/C14H15F4NO3/c1-2-3-4-11(13(21)22)19-12(20)8-5-9(14(16,17)18)7-10(15)6-8/h5-7,11H,2-4H2,1H3,(H,19,20)(H,21,22)/t11-/m0/s1. The number of hydrogen-bond acceptors (Lipinski definition) is 2. The Morgan fingerprint density at radius 1 is 1.27 bits per heavy atom. The van der Waals surface area contributed by atoms with Crippen molar-refractivity contribution in [3.8, 4) is 0 Å². The summed E-state index contributed by atoms with van der Waals surface area (Å²) in [4.78, 5) is 22.8. The van der Waals surface area contributed by atoms with E-state index in [1.807, 2.05) is 6.92 Å². The highest BCUT2D eigenvalue weighted by Crippen LogP contribution is 2.30. The third-order valence-corrected chi connectivity index (χ3v) is 2.94. The predicted molar refractivity (Wildman–Crippen MR) is 69.8 cm³/mol. The molecular formula is C14H15F4NO3. The lowest BCUT2D eigenvalue weighted by molar-refractivity contribution is -0.139. The van der Waals surface area contributed by atoms with Crippen LogP contribution >= 0.6 is 0 Å². The summed E-state index contributed by atoms with van der Waals surface area (Å²) in [6.45, 7) is 1.82. The molecule has 1 aromatic carbocycles. The van der Waals surface area contributed by atoms with E-state index >= 15 is 0 Å². The summed E-state index contributed by atoms with van der Waals surface area (Å²) in [6, 6.07) is 0.147. The first-order chi connectivity index (χ1) is 10.1. The van der Waals surface area contributed by atoms with Gasteiger partial charge in [-0.25, -0.2) is 9.18 Å². The summed E-state index contributed by atoms with van der Waals surface area (Å²) in [5.41, 5.74) is -1.88. The Balaban J connectivity index is 2.97. The minimum Gasteiger partial charge on any atom is -0.480 e. The van der Waals surface area contributed by atoms with Crippen LogP contribution in [0, 0.1) is 5.82 Å². The Kier molecular flexibility index (Phi) is 5.90. The van der Waals surface area contributed by atoms with E-state index in [-0.39, 0.29) is 12.5 Å². The first-order valence-corrected chi connectivity index (χ1v) is 6.56. The fraction of sp³-hybridized carbons (Fsp3) is 0.429. The van der Waals surface area contributed by atoms with Crippen molar-refractivity contribution >= 4 is 11.9 Å². The van der Waals surface area contributed by atoms with Gasteiger partial charge in [0.15, 0.2) is 0 Å². The average Bonchev–Trinajstić information content (AvgIpc) is 2.41.